The van der Waals surface area contributed by atoms with Gasteiger partial charge in [-0.3, -0.25) is 0 Å². The van der Waals surface area contributed by atoms with E-state index in [2.05, 4.69) is 27.3 Å². The van der Waals surface area contributed by atoms with Crippen molar-refractivity contribution in [3.63, 3.8) is 0 Å². The molecule has 0 N–H and O–H groups in total. The Morgan fingerprint density at radius 2 is 1.44 bits per heavy atom. The maximum Gasteiger partial charge on any atom is 0.104 e. The van der Waals surface area contributed by atoms with Gasteiger partial charge < -0.3 is 4.48 Å². The van der Waals surface area contributed by atoms with Gasteiger partial charge in [-0.05, 0) is 0 Å². The van der Waals surface area contributed by atoms with Crippen molar-refractivity contribution in [2.24, 2.45) is 0 Å². The molecule has 1 heteroatoms. The van der Waals surface area contributed by atoms with Gasteiger partial charge in [-0.1, -0.05) is 13.2 Å². The van der Waals surface area contributed by atoms with E-state index in [1.807, 2.05) is 0 Å². The summed E-state index contributed by atoms with van der Waals surface area (Å²) in [4.78, 5) is 0. The average molecular weight is 124 g/mol. The zero-order chi connectivity index (χ0) is 7.07. The molecule has 0 aromatic rings. The van der Waals surface area contributed by atoms with Crippen LogP contribution in [-0.4, -0.2) is 31.7 Å². The normalized spacial score (nSPS) is 25.1. The van der Waals surface area contributed by atoms with Crippen LogP contribution >= 0.6 is 0 Å². The standard InChI is InChI=1S/C8H14N/c1-7-5-9(3,4)6-8(7)2/h1-2,5-6H2,3-4H3/q+1. The number of nitrogens with zero attached hydrogens (tertiary/aromatic N) is 1. The first-order valence-corrected chi connectivity index (χ1v) is 3.19. The fourth-order valence-electron chi connectivity index (χ4n) is 1.31. The van der Waals surface area contributed by atoms with Crippen molar-refractivity contribution in [1.82, 2.24) is 0 Å². The molecule has 1 fully saturated rings. The minimum Gasteiger partial charge on any atom is -0.321 e. The summed E-state index contributed by atoms with van der Waals surface area (Å²) in [6.07, 6.45) is 0. The monoisotopic (exact) mass is 124 g/mol. The lowest BCUT2D eigenvalue weighted by atomic mass is 10.2. The molecule has 0 aromatic heterocycles. The molecule has 50 valence electrons. The number of quaternary nitrogens is 1. The predicted octanol–water partition coefficient (Wildman–Crippen LogP) is 1.19. The Morgan fingerprint density at radius 3 is 1.56 bits per heavy atom. The van der Waals surface area contributed by atoms with E-state index in [1.54, 1.807) is 0 Å². The molecule has 0 saturated carbocycles. The van der Waals surface area contributed by atoms with E-state index in [0.717, 1.165) is 17.6 Å². The maximum atomic E-state index is 3.92. The SMILES string of the molecule is C=C1C[N+](C)(C)CC1=C. The highest BCUT2D eigenvalue weighted by molar-refractivity contribution is 5.28. The van der Waals surface area contributed by atoms with E-state index < -0.39 is 0 Å². The largest absolute Gasteiger partial charge is 0.321 e. The molecule has 0 aromatic carbocycles. The summed E-state index contributed by atoms with van der Waals surface area (Å²) in [7, 11) is 4.40. The van der Waals surface area contributed by atoms with E-state index in [9.17, 15) is 0 Å². The summed E-state index contributed by atoms with van der Waals surface area (Å²) in [6, 6.07) is 0. The van der Waals surface area contributed by atoms with Crippen LogP contribution in [0.3, 0.4) is 0 Å². The average Bonchev–Trinajstić information content (AvgIpc) is 1.79. The first-order chi connectivity index (χ1) is 4.01. The van der Waals surface area contributed by atoms with E-state index >= 15 is 0 Å². The summed E-state index contributed by atoms with van der Waals surface area (Å²) in [5, 5.41) is 0. The third-order valence-electron chi connectivity index (χ3n) is 1.74. The van der Waals surface area contributed by atoms with Gasteiger partial charge in [0.05, 0.1) is 14.1 Å². The van der Waals surface area contributed by atoms with E-state index in [-0.39, 0.29) is 0 Å². The molecule has 1 aliphatic rings. The van der Waals surface area contributed by atoms with Crippen LogP contribution < -0.4 is 0 Å². The molecule has 1 saturated heterocycles. The van der Waals surface area contributed by atoms with Crippen LogP contribution in [0.1, 0.15) is 0 Å². The van der Waals surface area contributed by atoms with Gasteiger partial charge in [0, 0.05) is 11.1 Å². The van der Waals surface area contributed by atoms with Gasteiger partial charge in [-0.25, -0.2) is 0 Å². The molecule has 0 bridgehead atoms. The van der Waals surface area contributed by atoms with Crippen molar-refractivity contribution in [1.29, 1.82) is 0 Å². The second-order valence-electron chi connectivity index (χ2n) is 3.46. The molecule has 0 radical (unpaired) electrons. The van der Waals surface area contributed by atoms with Gasteiger partial charge in [0.15, 0.2) is 0 Å². The molecule has 9 heavy (non-hydrogen) atoms. The molecule has 0 amide bonds. The summed E-state index contributed by atoms with van der Waals surface area (Å²) >= 11 is 0. The van der Waals surface area contributed by atoms with Crippen LogP contribution in [0.5, 0.6) is 0 Å². The van der Waals surface area contributed by atoms with Crippen LogP contribution in [0.15, 0.2) is 24.3 Å². The Balaban J connectivity index is 2.76. The van der Waals surface area contributed by atoms with Crippen LogP contribution in [-0.2, 0) is 0 Å². The van der Waals surface area contributed by atoms with Gasteiger partial charge in [-0.2, -0.15) is 0 Å². The van der Waals surface area contributed by atoms with E-state index in [1.165, 1.54) is 11.1 Å². The highest BCUT2D eigenvalue weighted by atomic mass is 15.3. The summed E-state index contributed by atoms with van der Waals surface area (Å²) < 4.78 is 1.03. The molecule has 0 spiro atoms. The third-order valence-corrected chi connectivity index (χ3v) is 1.74. The zero-order valence-electron chi connectivity index (χ0n) is 6.28. The molecular formula is C8H14N+. The molecular weight excluding hydrogens is 110 g/mol. The van der Waals surface area contributed by atoms with Crippen LogP contribution in [0.4, 0.5) is 0 Å². The van der Waals surface area contributed by atoms with Crippen LogP contribution in [0.25, 0.3) is 0 Å². The van der Waals surface area contributed by atoms with Crippen molar-refractivity contribution < 1.29 is 4.48 Å². The maximum absolute atomic E-state index is 3.92. The molecule has 1 rings (SSSR count). The Kier molecular flexibility index (Phi) is 1.24. The molecule has 1 nitrogen and oxygen atoms in total. The van der Waals surface area contributed by atoms with Gasteiger partial charge in [0.1, 0.15) is 13.1 Å². The highest BCUT2D eigenvalue weighted by Crippen LogP contribution is 2.21. The smallest absolute Gasteiger partial charge is 0.104 e. The quantitative estimate of drug-likeness (QED) is 0.425. The Labute approximate surface area is 56.9 Å². The lowest BCUT2D eigenvalue weighted by Gasteiger charge is -2.21. The lowest BCUT2D eigenvalue weighted by Crippen LogP contribution is -2.35. The first-order valence-electron chi connectivity index (χ1n) is 3.19. The van der Waals surface area contributed by atoms with E-state index in [0.29, 0.717) is 0 Å². The molecule has 1 aliphatic heterocycles. The van der Waals surface area contributed by atoms with Gasteiger partial charge >= 0.3 is 0 Å². The van der Waals surface area contributed by atoms with Crippen molar-refractivity contribution in [2.75, 3.05) is 27.2 Å². The minimum absolute atomic E-state index is 1.03. The molecule has 0 unspecified atom stereocenters. The third kappa shape index (κ3) is 1.22. The summed E-state index contributed by atoms with van der Waals surface area (Å²) in [6.45, 7) is 9.97. The number of rotatable bonds is 0. The Hall–Kier alpha value is -0.560. The van der Waals surface area contributed by atoms with Gasteiger partial charge in [0.25, 0.3) is 0 Å². The lowest BCUT2D eigenvalue weighted by molar-refractivity contribution is -0.872. The predicted molar refractivity (Wildman–Crippen MR) is 40.1 cm³/mol. The summed E-state index contributed by atoms with van der Waals surface area (Å²) in [5.41, 5.74) is 2.44. The van der Waals surface area contributed by atoms with Crippen LogP contribution in [0.2, 0.25) is 0 Å². The van der Waals surface area contributed by atoms with Crippen LogP contribution in [0, 0.1) is 0 Å². The Morgan fingerprint density at radius 1 is 1.11 bits per heavy atom. The van der Waals surface area contributed by atoms with Crippen molar-refractivity contribution in [3.8, 4) is 0 Å². The first kappa shape index (κ1) is 6.56. The number of likely N-dealkylation sites (N-methyl/N-ethyl adjacent to an activating group) is 1. The summed E-state index contributed by atoms with van der Waals surface area (Å²) in [5.74, 6) is 0. The van der Waals surface area contributed by atoms with Gasteiger partial charge in [0.2, 0.25) is 0 Å². The van der Waals surface area contributed by atoms with Crippen molar-refractivity contribution >= 4 is 0 Å². The second kappa shape index (κ2) is 1.71. The second-order valence-corrected chi connectivity index (χ2v) is 3.46. The zero-order valence-corrected chi connectivity index (χ0v) is 6.28. The fourth-order valence-corrected chi connectivity index (χ4v) is 1.31. The van der Waals surface area contributed by atoms with E-state index in [4.69, 9.17) is 0 Å². The highest BCUT2D eigenvalue weighted by Gasteiger charge is 2.27. The van der Waals surface area contributed by atoms with Crippen molar-refractivity contribution in [2.45, 2.75) is 0 Å². The number of likely N-dealkylation sites (tertiary alicyclic amines) is 1. The van der Waals surface area contributed by atoms with Gasteiger partial charge in [-0.15, -0.1) is 0 Å². The Bertz CT molecular complexity index is 147. The van der Waals surface area contributed by atoms with Crippen molar-refractivity contribution in [3.05, 3.63) is 24.3 Å². The minimum atomic E-state index is 1.03. The topological polar surface area (TPSA) is 0 Å². The molecule has 0 atom stereocenters. The fraction of sp³-hybridized carbons (Fsp3) is 0.500. The molecule has 1 heterocycles. The number of hydrogen-bond acceptors (Lipinski definition) is 0. The number of hydrogen-bond donors (Lipinski definition) is 0. The molecule has 0 aliphatic carbocycles.